The second-order valence-electron chi connectivity index (χ2n) is 6.69. The molecule has 1 N–H and O–H groups in total. The number of carbonyl (C=O) groups is 1. The summed E-state index contributed by atoms with van der Waals surface area (Å²) in [6.45, 7) is 7.47. The van der Waals surface area contributed by atoms with Crippen molar-refractivity contribution in [2.75, 3.05) is 31.1 Å². The molecule has 0 aliphatic carbocycles. The molecule has 146 valence electrons. The van der Waals surface area contributed by atoms with Crippen molar-refractivity contribution in [3.63, 3.8) is 0 Å². The van der Waals surface area contributed by atoms with E-state index in [-0.39, 0.29) is 23.5 Å². The van der Waals surface area contributed by atoms with Gasteiger partial charge in [-0.05, 0) is 32.9 Å². The predicted molar refractivity (Wildman–Crippen MR) is 96.3 cm³/mol. The summed E-state index contributed by atoms with van der Waals surface area (Å²) in [6.07, 6.45) is 0.0810. The molecule has 3 rings (SSSR count). The molecule has 0 radical (unpaired) electrons. The van der Waals surface area contributed by atoms with Gasteiger partial charge in [0, 0.05) is 26.2 Å². The number of amides is 1. The van der Waals surface area contributed by atoms with Gasteiger partial charge in [-0.1, -0.05) is 0 Å². The van der Waals surface area contributed by atoms with Crippen LogP contribution in [0.3, 0.4) is 0 Å². The van der Waals surface area contributed by atoms with E-state index in [4.69, 9.17) is 9.15 Å². The largest absolute Gasteiger partial charge is 0.453 e. The van der Waals surface area contributed by atoms with Crippen LogP contribution in [0.1, 0.15) is 35.9 Å². The SMILES string of the molecule is Cc1nc(N2CCN(C(=O)c3ccc(COC(C)C)o3)CC2)[nH]c(=O)c1F. The van der Waals surface area contributed by atoms with Gasteiger partial charge in [0.2, 0.25) is 11.8 Å². The second kappa shape index (κ2) is 7.91. The molecule has 0 atom stereocenters. The number of rotatable bonds is 5. The number of hydrogen-bond acceptors (Lipinski definition) is 6. The van der Waals surface area contributed by atoms with Gasteiger partial charge in [0.25, 0.3) is 11.5 Å². The molecule has 3 heterocycles. The Balaban J connectivity index is 1.60. The summed E-state index contributed by atoms with van der Waals surface area (Å²) in [5, 5.41) is 0. The maximum atomic E-state index is 13.4. The summed E-state index contributed by atoms with van der Waals surface area (Å²) in [6, 6.07) is 3.39. The number of anilines is 1. The van der Waals surface area contributed by atoms with E-state index in [0.717, 1.165) is 0 Å². The Labute approximate surface area is 155 Å². The minimum absolute atomic E-state index is 0.0546. The van der Waals surface area contributed by atoms with E-state index in [1.54, 1.807) is 17.0 Å². The molecular formula is C18H23FN4O4. The van der Waals surface area contributed by atoms with Crippen LogP contribution in [0, 0.1) is 12.7 Å². The number of aryl methyl sites for hydroxylation is 1. The van der Waals surface area contributed by atoms with Crippen LogP contribution in [0.25, 0.3) is 0 Å². The normalized spacial score (nSPS) is 14.9. The van der Waals surface area contributed by atoms with Crippen LogP contribution in [0.2, 0.25) is 0 Å². The molecule has 27 heavy (non-hydrogen) atoms. The lowest BCUT2D eigenvalue weighted by atomic mass is 10.3. The van der Waals surface area contributed by atoms with Crippen molar-refractivity contribution in [2.24, 2.45) is 0 Å². The van der Waals surface area contributed by atoms with Crippen molar-refractivity contribution in [2.45, 2.75) is 33.5 Å². The molecule has 0 saturated carbocycles. The first-order valence-electron chi connectivity index (χ1n) is 8.86. The van der Waals surface area contributed by atoms with E-state index in [0.29, 0.717) is 44.5 Å². The van der Waals surface area contributed by atoms with Gasteiger partial charge in [-0.25, -0.2) is 4.98 Å². The van der Waals surface area contributed by atoms with E-state index < -0.39 is 11.4 Å². The van der Waals surface area contributed by atoms with Gasteiger partial charge in [0.15, 0.2) is 5.76 Å². The molecule has 9 heteroatoms. The van der Waals surface area contributed by atoms with Crippen LogP contribution in [0.15, 0.2) is 21.3 Å². The fourth-order valence-corrected chi connectivity index (χ4v) is 2.80. The van der Waals surface area contributed by atoms with E-state index in [9.17, 15) is 14.0 Å². The highest BCUT2D eigenvalue weighted by molar-refractivity contribution is 5.91. The molecular weight excluding hydrogens is 355 g/mol. The molecule has 2 aromatic heterocycles. The van der Waals surface area contributed by atoms with Gasteiger partial charge in [0.1, 0.15) is 12.4 Å². The number of nitrogens with one attached hydrogen (secondary N) is 1. The van der Waals surface area contributed by atoms with Gasteiger partial charge in [-0.15, -0.1) is 0 Å². The quantitative estimate of drug-likeness (QED) is 0.851. The van der Waals surface area contributed by atoms with Crippen LogP contribution < -0.4 is 10.5 Å². The first kappa shape index (κ1) is 19.1. The fourth-order valence-electron chi connectivity index (χ4n) is 2.80. The lowest BCUT2D eigenvalue weighted by Gasteiger charge is -2.34. The van der Waals surface area contributed by atoms with Crippen LogP contribution >= 0.6 is 0 Å². The number of aromatic amines is 1. The number of ether oxygens (including phenoxy) is 1. The second-order valence-corrected chi connectivity index (χ2v) is 6.69. The van der Waals surface area contributed by atoms with Crippen LogP contribution in [-0.2, 0) is 11.3 Å². The van der Waals surface area contributed by atoms with Crippen molar-refractivity contribution in [1.29, 1.82) is 0 Å². The zero-order valence-electron chi connectivity index (χ0n) is 15.6. The van der Waals surface area contributed by atoms with Crippen molar-refractivity contribution in [3.05, 3.63) is 45.5 Å². The van der Waals surface area contributed by atoms with Gasteiger partial charge in [0.05, 0.1) is 11.8 Å². The number of carbonyl (C=O) groups excluding carboxylic acids is 1. The highest BCUT2D eigenvalue weighted by Gasteiger charge is 2.25. The Kier molecular flexibility index (Phi) is 5.59. The van der Waals surface area contributed by atoms with Crippen LogP contribution in [0.5, 0.6) is 0 Å². The zero-order chi connectivity index (χ0) is 19.6. The van der Waals surface area contributed by atoms with E-state index >= 15 is 0 Å². The first-order chi connectivity index (χ1) is 12.8. The van der Waals surface area contributed by atoms with Crippen LogP contribution in [0.4, 0.5) is 10.3 Å². The minimum atomic E-state index is -0.873. The van der Waals surface area contributed by atoms with Gasteiger partial charge in [-0.2, -0.15) is 4.39 Å². The molecule has 1 aliphatic rings. The number of aromatic nitrogens is 2. The lowest BCUT2D eigenvalue weighted by molar-refractivity contribution is 0.0521. The third-order valence-electron chi connectivity index (χ3n) is 4.31. The Morgan fingerprint density at radius 2 is 2.04 bits per heavy atom. The lowest BCUT2D eigenvalue weighted by Crippen LogP contribution is -2.49. The molecule has 1 fully saturated rings. The van der Waals surface area contributed by atoms with E-state index in [1.165, 1.54) is 6.92 Å². The third-order valence-corrected chi connectivity index (χ3v) is 4.31. The summed E-state index contributed by atoms with van der Waals surface area (Å²) in [5.74, 6) is 0.131. The van der Waals surface area contributed by atoms with E-state index in [2.05, 4.69) is 9.97 Å². The number of nitrogens with zero attached hydrogens (tertiary/aromatic N) is 3. The van der Waals surface area contributed by atoms with Gasteiger partial charge < -0.3 is 19.0 Å². The monoisotopic (exact) mass is 378 g/mol. The van der Waals surface area contributed by atoms with E-state index in [1.807, 2.05) is 18.7 Å². The van der Waals surface area contributed by atoms with Crippen LogP contribution in [-0.4, -0.2) is 53.1 Å². The summed E-state index contributed by atoms with van der Waals surface area (Å²) in [7, 11) is 0. The van der Waals surface area contributed by atoms with Crippen molar-refractivity contribution in [1.82, 2.24) is 14.9 Å². The molecule has 0 unspecified atom stereocenters. The summed E-state index contributed by atoms with van der Waals surface area (Å²) in [4.78, 5) is 34.2. The van der Waals surface area contributed by atoms with Crippen molar-refractivity contribution in [3.8, 4) is 0 Å². The van der Waals surface area contributed by atoms with Gasteiger partial charge in [-0.3, -0.25) is 14.6 Å². The topological polar surface area (TPSA) is 91.7 Å². The molecule has 0 spiro atoms. The molecule has 0 aromatic carbocycles. The van der Waals surface area contributed by atoms with Crippen molar-refractivity contribution >= 4 is 11.9 Å². The number of H-pyrrole nitrogens is 1. The number of furan rings is 1. The highest BCUT2D eigenvalue weighted by Crippen LogP contribution is 2.16. The highest BCUT2D eigenvalue weighted by atomic mass is 19.1. The first-order valence-corrected chi connectivity index (χ1v) is 8.86. The average molecular weight is 378 g/mol. The smallest absolute Gasteiger partial charge is 0.289 e. The average Bonchev–Trinajstić information content (AvgIpc) is 3.12. The molecule has 1 aliphatic heterocycles. The zero-order valence-corrected chi connectivity index (χ0v) is 15.6. The molecule has 1 amide bonds. The summed E-state index contributed by atoms with van der Waals surface area (Å²) in [5.41, 5.74) is -0.735. The molecule has 8 nitrogen and oxygen atoms in total. The fraction of sp³-hybridized carbons (Fsp3) is 0.500. The Morgan fingerprint density at radius 3 is 2.67 bits per heavy atom. The Morgan fingerprint density at radius 1 is 1.33 bits per heavy atom. The number of piperazine rings is 1. The number of halogens is 1. The number of hydrogen-bond donors (Lipinski definition) is 1. The molecule has 0 bridgehead atoms. The minimum Gasteiger partial charge on any atom is -0.453 e. The predicted octanol–water partition coefficient (Wildman–Crippen LogP) is 1.70. The van der Waals surface area contributed by atoms with Gasteiger partial charge >= 0.3 is 0 Å². The summed E-state index contributed by atoms with van der Waals surface area (Å²) >= 11 is 0. The molecule has 2 aromatic rings. The third kappa shape index (κ3) is 4.36. The maximum Gasteiger partial charge on any atom is 0.289 e. The Bertz CT molecular complexity index is 868. The maximum absolute atomic E-state index is 13.4. The molecule has 1 saturated heterocycles. The standard InChI is InChI=1S/C18H23FN4O4/c1-11(2)26-10-13-4-5-14(27-13)17(25)22-6-8-23(9-7-22)18-20-12(3)15(19)16(24)21-18/h4-5,11H,6-10H2,1-3H3,(H,20,21,24). The Hall–Kier alpha value is -2.68. The summed E-state index contributed by atoms with van der Waals surface area (Å²) < 4.78 is 24.5. The van der Waals surface area contributed by atoms with Crippen molar-refractivity contribution < 1.29 is 18.3 Å².